The van der Waals surface area contributed by atoms with Crippen molar-refractivity contribution in [2.24, 2.45) is 0 Å². The lowest BCUT2D eigenvalue weighted by Crippen LogP contribution is -2.31. The molecule has 0 aliphatic heterocycles. The normalized spacial score (nSPS) is 11.8. The number of hydrogen-bond donors (Lipinski definition) is 1. The van der Waals surface area contributed by atoms with Gasteiger partial charge in [-0.25, -0.2) is 13.2 Å². The zero-order valence-corrected chi connectivity index (χ0v) is 11.4. The summed E-state index contributed by atoms with van der Waals surface area (Å²) in [5.74, 6) is -4.01. The first-order valence-corrected chi connectivity index (χ1v) is 6.44. The maximum absolute atomic E-state index is 13.2. The van der Waals surface area contributed by atoms with Crippen molar-refractivity contribution in [1.29, 1.82) is 0 Å². The number of nitrogens with one attached hydrogen (secondary N) is 1. The molecular weight excluding hydrogens is 295 g/mol. The number of carbonyl (C=O) groups is 2. The molecule has 0 heterocycles. The van der Waals surface area contributed by atoms with Crippen LogP contribution in [-0.4, -0.2) is 18.7 Å². The summed E-state index contributed by atoms with van der Waals surface area (Å²) in [4.78, 5) is 21.1. The van der Waals surface area contributed by atoms with Gasteiger partial charge in [0.15, 0.2) is 17.5 Å². The molecule has 0 saturated heterocycles. The van der Waals surface area contributed by atoms with Gasteiger partial charge in [-0.2, -0.15) is 0 Å². The van der Waals surface area contributed by atoms with E-state index in [0.29, 0.717) is 24.7 Å². The van der Waals surface area contributed by atoms with Crippen LogP contribution in [-0.2, 0) is 16.0 Å². The van der Waals surface area contributed by atoms with E-state index in [-0.39, 0.29) is 5.56 Å². The zero-order chi connectivity index (χ0) is 16.1. The van der Waals surface area contributed by atoms with Crippen molar-refractivity contribution in [2.75, 3.05) is 0 Å². The predicted octanol–water partition coefficient (Wildman–Crippen LogP) is 2.63. The number of rotatable bonds is 6. The van der Waals surface area contributed by atoms with Crippen molar-refractivity contribution >= 4 is 12.7 Å². The molecule has 2 aromatic rings. The van der Waals surface area contributed by atoms with E-state index in [9.17, 15) is 22.8 Å². The van der Waals surface area contributed by atoms with E-state index in [1.807, 2.05) is 0 Å². The van der Waals surface area contributed by atoms with Gasteiger partial charge in [-0.15, -0.1) is 0 Å². The zero-order valence-electron chi connectivity index (χ0n) is 11.4. The van der Waals surface area contributed by atoms with Crippen molar-refractivity contribution in [3.63, 3.8) is 0 Å². The Labute approximate surface area is 124 Å². The Kier molecular flexibility index (Phi) is 4.93. The van der Waals surface area contributed by atoms with Crippen LogP contribution in [0.15, 0.2) is 36.4 Å². The fourth-order valence-corrected chi connectivity index (χ4v) is 2.04. The Morgan fingerprint density at radius 2 is 1.55 bits per heavy atom. The van der Waals surface area contributed by atoms with E-state index >= 15 is 0 Å². The van der Waals surface area contributed by atoms with Crippen molar-refractivity contribution < 1.29 is 22.8 Å². The molecule has 0 bridgehead atoms. The Hall–Kier alpha value is -2.63. The van der Waals surface area contributed by atoms with Gasteiger partial charge in [0.25, 0.3) is 0 Å². The van der Waals surface area contributed by atoms with Crippen LogP contribution in [0.1, 0.15) is 5.56 Å². The molecule has 0 aliphatic rings. The SMILES string of the molecule is O=CNC(C=O)Cc1ccc(-c2cc(F)c(F)c(F)c2)cc1. The lowest BCUT2D eigenvalue weighted by Gasteiger charge is -2.10. The Morgan fingerprint density at radius 1 is 0.955 bits per heavy atom. The average Bonchev–Trinajstić information content (AvgIpc) is 2.52. The largest absolute Gasteiger partial charge is 0.349 e. The summed E-state index contributed by atoms with van der Waals surface area (Å²) in [6, 6.07) is 7.72. The lowest BCUT2D eigenvalue weighted by molar-refractivity contribution is -0.115. The van der Waals surface area contributed by atoms with Crippen LogP contribution in [0, 0.1) is 17.5 Å². The van der Waals surface area contributed by atoms with E-state index in [2.05, 4.69) is 5.32 Å². The molecule has 1 atom stereocenters. The summed E-state index contributed by atoms with van der Waals surface area (Å²) in [5.41, 5.74) is 1.48. The highest BCUT2D eigenvalue weighted by atomic mass is 19.2. The molecule has 2 rings (SSSR count). The molecule has 0 radical (unpaired) electrons. The maximum Gasteiger partial charge on any atom is 0.207 e. The third kappa shape index (κ3) is 3.52. The molecule has 0 saturated carbocycles. The van der Waals surface area contributed by atoms with Gasteiger partial charge in [0.05, 0.1) is 6.04 Å². The summed E-state index contributed by atoms with van der Waals surface area (Å²) >= 11 is 0. The molecule has 3 nitrogen and oxygen atoms in total. The minimum Gasteiger partial charge on any atom is -0.349 e. The van der Waals surface area contributed by atoms with Crippen LogP contribution < -0.4 is 5.32 Å². The summed E-state index contributed by atoms with van der Waals surface area (Å²) in [6.45, 7) is 0. The van der Waals surface area contributed by atoms with Crippen LogP contribution in [0.25, 0.3) is 11.1 Å². The summed E-state index contributed by atoms with van der Waals surface area (Å²) < 4.78 is 39.4. The molecule has 1 N–H and O–H groups in total. The van der Waals surface area contributed by atoms with Crippen LogP contribution in [0.4, 0.5) is 13.2 Å². The summed E-state index contributed by atoms with van der Waals surface area (Å²) in [5, 5.41) is 2.36. The Bertz CT molecular complexity index is 663. The average molecular weight is 307 g/mol. The Morgan fingerprint density at radius 3 is 2.05 bits per heavy atom. The first-order valence-electron chi connectivity index (χ1n) is 6.44. The second-order valence-corrected chi connectivity index (χ2v) is 4.68. The second-order valence-electron chi connectivity index (χ2n) is 4.68. The van der Waals surface area contributed by atoms with Crippen LogP contribution in [0.2, 0.25) is 0 Å². The Balaban J connectivity index is 2.22. The molecule has 0 aliphatic carbocycles. The second kappa shape index (κ2) is 6.89. The first-order chi connectivity index (χ1) is 10.5. The molecule has 2 aromatic carbocycles. The van der Waals surface area contributed by atoms with Gasteiger partial charge in [-0.1, -0.05) is 24.3 Å². The maximum atomic E-state index is 13.2. The van der Waals surface area contributed by atoms with Crippen LogP contribution in [0.5, 0.6) is 0 Å². The van der Waals surface area contributed by atoms with E-state index in [4.69, 9.17) is 0 Å². The lowest BCUT2D eigenvalue weighted by atomic mass is 10.0. The number of carbonyl (C=O) groups excluding carboxylic acids is 2. The van der Waals surface area contributed by atoms with Crippen molar-refractivity contribution in [1.82, 2.24) is 5.32 Å². The molecule has 6 heteroatoms. The van der Waals surface area contributed by atoms with Crippen molar-refractivity contribution in [3.05, 3.63) is 59.4 Å². The van der Waals surface area contributed by atoms with Gasteiger partial charge < -0.3 is 10.1 Å². The number of halogens is 3. The van der Waals surface area contributed by atoms with Gasteiger partial charge >= 0.3 is 0 Å². The highest BCUT2D eigenvalue weighted by Crippen LogP contribution is 2.24. The van der Waals surface area contributed by atoms with Gasteiger partial charge in [0, 0.05) is 0 Å². The summed E-state index contributed by atoms with van der Waals surface area (Å²) in [6.07, 6.45) is 1.36. The number of amides is 1. The molecule has 1 unspecified atom stereocenters. The van der Waals surface area contributed by atoms with Crippen molar-refractivity contribution in [3.8, 4) is 11.1 Å². The van der Waals surface area contributed by atoms with Crippen molar-refractivity contribution in [2.45, 2.75) is 12.5 Å². The van der Waals surface area contributed by atoms with Crippen LogP contribution in [0.3, 0.4) is 0 Å². The number of aldehydes is 1. The topological polar surface area (TPSA) is 46.2 Å². The monoisotopic (exact) mass is 307 g/mol. The minimum atomic E-state index is -1.51. The third-order valence-electron chi connectivity index (χ3n) is 3.17. The smallest absolute Gasteiger partial charge is 0.207 e. The van der Waals surface area contributed by atoms with Crippen LogP contribution >= 0.6 is 0 Å². The van der Waals surface area contributed by atoms with E-state index in [1.54, 1.807) is 24.3 Å². The van der Waals surface area contributed by atoms with E-state index < -0.39 is 23.5 Å². The number of benzene rings is 2. The molecule has 22 heavy (non-hydrogen) atoms. The highest BCUT2D eigenvalue weighted by molar-refractivity contribution is 5.66. The molecule has 0 fully saturated rings. The fraction of sp³-hybridized carbons (Fsp3) is 0.125. The van der Waals surface area contributed by atoms with Gasteiger partial charge in [-0.3, -0.25) is 4.79 Å². The molecular formula is C16H12F3NO2. The molecule has 1 amide bonds. The third-order valence-corrected chi connectivity index (χ3v) is 3.17. The van der Waals surface area contributed by atoms with E-state index in [1.165, 1.54) is 0 Å². The first kappa shape index (κ1) is 15.8. The van der Waals surface area contributed by atoms with E-state index in [0.717, 1.165) is 17.7 Å². The number of hydrogen-bond acceptors (Lipinski definition) is 2. The minimum absolute atomic E-state index is 0.209. The van der Waals surface area contributed by atoms with Gasteiger partial charge in [0.2, 0.25) is 6.41 Å². The molecule has 114 valence electrons. The molecule has 0 aromatic heterocycles. The molecule has 0 spiro atoms. The standard InChI is InChI=1S/C16H12F3NO2/c17-14-6-12(7-15(18)16(14)19)11-3-1-10(2-4-11)5-13(8-21)20-9-22/h1-4,6-9,13H,5H2,(H,20,22). The predicted molar refractivity (Wildman–Crippen MR) is 74.5 cm³/mol. The fourth-order valence-electron chi connectivity index (χ4n) is 2.04. The van der Waals surface area contributed by atoms with Gasteiger partial charge in [0.1, 0.15) is 6.29 Å². The van der Waals surface area contributed by atoms with Gasteiger partial charge in [-0.05, 0) is 35.2 Å². The summed E-state index contributed by atoms with van der Waals surface area (Å²) in [7, 11) is 0. The highest BCUT2D eigenvalue weighted by Gasteiger charge is 2.12. The quantitative estimate of drug-likeness (QED) is 0.659.